The maximum Gasteiger partial charge on any atom is 0.337 e. The van der Waals surface area contributed by atoms with Crippen molar-refractivity contribution >= 4 is 17.6 Å². The van der Waals surface area contributed by atoms with Crippen LogP contribution in [0, 0.1) is 5.92 Å². The standard InChI is InChI=1S/C12H13NO3/c1-16-12(15)9-4-6-10(7-5-9)13-11(14)8-2-3-8/h4-8H,2-3H2,1H3,(H,13,14). The Kier molecular flexibility index (Phi) is 2.90. The smallest absolute Gasteiger partial charge is 0.337 e. The first-order valence-electron chi connectivity index (χ1n) is 5.20. The van der Waals surface area contributed by atoms with E-state index in [0.29, 0.717) is 11.3 Å². The lowest BCUT2D eigenvalue weighted by molar-refractivity contribution is -0.117. The second-order valence-corrected chi connectivity index (χ2v) is 3.83. The highest BCUT2D eigenvalue weighted by Gasteiger charge is 2.29. The van der Waals surface area contributed by atoms with E-state index in [1.54, 1.807) is 24.3 Å². The molecule has 84 valence electrons. The Hall–Kier alpha value is -1.84. The first kappa shape index (κ1) is 10.7. The molecule has 4 heteroatoms. The predicted molar refractivity (Wildman–Crippen MR) is 59.1 cm³/mol. The highest BCUT2D eigenvalue weighted by molar-refractivity contribution is 5.95. The van der Waals surface area contributed by atoms with Crippen molar-refractivity contribution in [3.8, 4) is 0 Å². The second kappa shape index (κ2) is 4.35. The number of esters is 1. The van der Waals surface area contributed by atoms with Crippen molar-refractivity contribution in [2.45, 2.75) is 12.8 Å². The zero-order chi connectivity index (χ0) is 11.5. The summed E-state index contributed by atoms with van der Waals surface area (Å²) >= 11 is 0. The van der Waals surface area contributed by atoms with Crippen molar-refractivity contribution in [2.24, 2.45) is 5.92 Å². The van der Waals surface area contributed by atoms with E-state index in [9.17, 15) is 9.59 Å². The molecule has 0 saturated heterocycles. The molecule has 0 bridgehead atoms. The minimum atomic E-state index is -0.375. The Balaban J connectivity index is 2.01. The number of hydrogen-bond acceptors (Lipinski definition) is 3. The van der Waals surface area contributed by atoms with Crippen LogP contribution in [0.3, 0.4) is 0 Å². The van der Waals surface area contributed by atoms with Gasteiger partial charge in [0.15, 0.2) is 0 Å². The largest absolute Gasteiger partial charge is 0.465 e. The third-order valence-corrected chi connectivity index (χ3v) is 2.52. The van der Waals surface area contributed by atoms with Crippen LogP contribution in [-0.4, -0.2) is 19.0 Å². The summed E-state index contributed by atoms with van der Waals surface area (Å²) in [6.45, 7) is 0. The molecule has 4 nitrogen and oxygen atoms in total. The number of ether oxygens (including phenoxy) is 1. The van der Waals surface area contributed by atoms with Gasteiger partial charge >= 0.3 is 5.97 Å². The molecule has 0 atom stereocenters. The van der Waals surface area contributed by atoms with E-state index in [1.807, 2.05) is 0 Å². The molecule has 0 aliphatic heterocycles. The van der Waals surface area contributed by atoms with Crippen LogP contribution in [0.25, 0.3) is 0 Å². The molecule has 0 spiro atoms. The number of benzene rings is 1. The number of carbonyl (C=O) groups is 2. The van der Waals surface area contributed by atoms with Crippen molar-refractivity contribution in [2.75, 3.05) is 12.4 Å². The van der Waals surface area contributed by atoms with Gasteiger partial charge in [0.2, 0.25) is 5.91 Å². The van der Waals surface area contributed by atoms with Gasteiger partial charge in [-0.2, -0.15) is 0 Å². The van der Waals surface area contributed by atoms with Gasteiger partial charge in [-0.05, 0) is 37.1 Å². The lowest BCUT2D eigenvalue weighted by Crippen LogP contribution is -2.13. The van der Waals surface area contributed by atoms with Crippen molar-refractivity contribution in [3.63, 3.8) is 0 Å². The molecule has 16 heavy (non-hydrogen) atoms. The summed E-state index contributed by atoms with van der Waals surface area (Å²) in [4.78, 5) is 22.6. The van der Waals surface area contributed by atoms with Crippen molar-refractivity contribution in [1.29, 1.82) is 0 Å². The number of anilines is 1. The van der Waals surface area contributed by atoms with E-state index in [4.69, 9.17) is 0 Å². The molecule has 1 aliphatic rings. The van der Waals surface area contributed by atoms with E-state index < -0.39 is 0 Å². The number of rotatable bonds is 3. The van der Waals surface area contributed by atoms with Crippen LogP contribution in [0.15, 0.2) is 24.3 Å². The molecule has 1 fully saturated rings. The number of amides is 1. The maximum atomic E-state index is 11.4. The molecular weight excluding hydrogens is 206 g/mol. The molecule has 1 amide bonds. The van der Waals surface area contributed by atoms with Crippen LogP contribution in [-0.2, 0) is 9.53 Å². The van der Waals surface area contributed by atoms with Gasteiger partial charge in [-0.1, -0.05) is 0 Å². The molecule has 0 radical (unpaired) electrons. The third-order valence-electron chi connectivity index (χ3n) is 2.52. The first-order valence-corrected chi connectivity index (χ1v) is 5.20. The minimum Gasteiger partial charge on any atom is -0.465 e. The van der Waals surface area contributed by atoms with E-state index >= 15 is 0 Å². The maximum absolute atomic E-state index is 11.4. The molecule has 0 unspecified atom stereocenters. The van der Waals surface area contributed by atoms with Gasteiger partial charge in [0.1, 0.15) is 0 Å². The number of carbonyl (C=O) groups excluding carboxylic acids is 2. The minimum absolute atomic E-state index is 0.0609. The fourth-order valence-corrected chi connectivity index (χ4v) is 1.40. The lowest BCUT2D eigenvalue weighted by atomic mass is 10.2. The summed E-state index contributed by atoms with van der Waals surface area (Å²) in [6.07, 6.45) is 1.96. The summed E-state index contributed by atoms with van der Waals surface area (Å²) in [7, 11) is 1.34. The Labute approximate surface area is 93.6 Å². The van der Waals surface area contributed by atoms with Crippen LogP contribution in [0.1, 0.15) is 23.2 Å². The highest BCUT2D eigenvalue weighted by Crippen LogP contribution is 2.30. The predicted octanol–water partition coefficient (Wildman–Crippen LogP) is 1.82. The van der Waals surface area contributed by atoms with E-state index in [0.717, 1.165) is 12.8 Å². The summed E-state index contributed by atoms with van der Waals surface area (Å²) in [5.74, 6) is -0.133. The fourth-order valence-electron chi connectivity index (χ4n) is 1.40. The molecule has 1 aromatic carbocycles. The quantitative estimate of drug-likeness (QED) is 0.789. The van der Waals surface area contributed by atoms with Gasteiger partial charge in [-0.3, -0.25) is 4.79 Å². The zero-order valence-electron chi connectivity index (χ0n) is 9.03. The molecular formula is C12H13NO3. The van der Waals surface area contributed by atoms with Gasteiger partial charge in [0, 0.05) is 11.6 Å². The topological polar surface area (TPSA) is 55.4 Å². The summed E-state index contributed by atoms with van der Waals surface area (Å²) in [6, 6.07) is 6.67. The van der Waals surface area contributed by atoms with Gasteiger partial charge < -0.3 is 10.1 Å². The molecule has 1 saturated carbocycles. The monoisotopic (exact) mass is 219 g/mol. The van der Waals surface area contributed by atoms with Gasteiger partial charge in [0.25, 0.3) is 0 Å². The van der Waals surface area contributed by atoms with Crippen LogP contribution in [0.5, 0.6) is 0 Å². The molecule has 1 aliphatic carbocycles. The Morgan fingerprint density at radius 2 is 1.88 bits per heavy atom. The van der Waals surface area contributed by atoms with Crippen LogP contribution < -0.4 is 5.32 Å². The average molecular weight is 219 g/mol. The second-order valence-electron chi connectivity index (χ2n) is 3.83. The van der Waals surface area contributed by atoms with E-state index in [-0.39, 0.29) is 17.8 Å². The van der Waals surface area contributed by atoms with Crippen molar-refractivity contribution < 1.29 is 14.3 Å². The number of hydrogen-bond donors (Lipinski definition) is 1. The SMILES string of the molecule is COC(=O)c1ccc(NC(=O)C2CC2)cc1. The highest BCUT2D eigenvalue weighted by atomic mass is 16.5. The van der Waals surface area contributed by atoms with Crippen molar-refractivity contribution in [1.82, 2.24) is 0 Å². The lowest BCUT2D eigenvalue weighted by Gasteiger charge is -2.04. The summed E-state index contributed by atoms with van der Waals surface area (Å²) in [5.41, 5.74) is 1.19. The van der Waals surface area contributed by atoms with E-state index in [2.05, 4.69) is 10.1 Å². The fraction of sp³-hybridized carbons (Fsp3) is 0.333. The Morgan fingerprint density at radius 1 is 1.25 bits per heavy atom. The molecule has 0 aromatic heterocycles. The average Bonchev–Trinajstić information content (AvgIpc) is 3.13. The molecule has 0 heterocycles. The normalized spacial score (nSPS) is 14.3. The molecule has 1 N–H and O–H groups in total. The Morgan fingerprint density at radius 3 is 2.38 bits per heavy atom. The molecule has 1 aromatic rings. The van der Waals surface area contributed by atoms with Gasteiger partial charge in [-0.25, -0.2) is 4.79 Å². The van der Waals surface area contributed by atoms with Crippen LogP contribution in [0.2, 0.25) is 0 Å². The third kappa shape index (κ3) is 2.39. The number of methoxy groups -OCH3 is 1. The van der Waals surface area contributed by atoms with Gasteiger partial charge in [0.05, 0.1) is 12.7 Å². The van der Waals surface area contributed by atoms with Crippen LogP contribution >= 0.6 is 0 Å². The van der Waals surface area contributed by atoms with Gasteiger partial charge in [-0.15, -0.1) is 0 Å². The molecule has 2 rings (SSSR count). The van der Waals surface area contributed by atoms with E-state index in [1.165, 1.54) is 7.11 Å². The zero-order valence-corrected chi connectivity index (χ0v) is 9.03. The summed E-state index contributed by atoms with van der Waals surface area (Å²) in [5, 5.41) is 2.80. The van der Waals surface area contributed by atoms with Crippen molar-refractivity contribution in [3.05, 3.63) is 29.8 Å². The first-order chi connectivity index (χ1) is 7.70. The summed E-state index contributed by atoms with van der Waals surface area (Å²) < 4.78 is 4.58. The van der Waals surface area contributed by atoms with Crippen LogP contribution in [0.4, 0.5) is 5.69 Å². The Bertz CT molecular complexity index is 407. The number of nitrogens with one attached hydrogen (secondary N) is 1.